The van der Waals surface area contributed by atoms with Crippen molar-refractivity contribution in [3.8, 4) is 56.0 Å². The van der Waals surface area contributed by atoms with Crippen molar-refractivity contribution in [2.45, 2.75) is 5.41 Å². The molecule has 1 aromatic heterocycles. The minimum absolute atomic E-state index is 0.483. The molecule has 2 nitrogen and oxygen atoms in total. The maximum atomic E-state index is 6.73. The predicted molar refractivity (Wildman–Crippen MR) is 207 cm³/mol. The monoisotopic (exact) mass is 650 g/mol. The van der Waals surface area contributed by atoms with E-state index in [9.17, 15) is 0 Å². The van der Waals surface area contributed by atoms with Crippen LogP contribution in [0.2, 0.25) is 0 Å². The van der Waals surface area contributed by atoms with E-state index in [1.54, 1.807) is 0 Å². The first-order valence-electron chi connectivity index (χ1n) is 17.5. The van der Waals surface area contributed by atoms with E-state index >= 15 is 0 Å². The molecule has 0 atom stereocenters. The number of hydrogen-bond acceptors (Lipinski definition) is 2. The molecule has 0 amide bonds. The van der Waals surface area contributed by atoms with Gasteiger partial charge in [0.15, 0.2) is 0 Å². The highest BCUT2D eigenvalue weighted by atomic mass is 16.5. The van der Waals surface area contributed by atoms with Crippen molar-refractivity contribution < 1.29 is 9.15 Å². The van der Waals surface area contributed by atoms with Crippen molar-refractivity contribution in [3.05, 3.63) is 204 Å². The molecule has 238 valence electrons. The Morgan fingerprint density at radius 3 is 1.47 bits per heavy atom. The molecule has 1 aliphatic heterocycles. The lowest BCUT2D eigenvalue weighted by atomic mass is 9.66. The van der Waals surface area contributed by atoms with Gasteiger partial charge in [-0.15, -0.1) is 0 Å². The van der Waals surface area contributed by atoms with Crippen LogP contribution in [0.5, 0.6) is 11.5 Å². The quantitative estimate of drug-likeness (QED) is 0.190. The summed E-state index contributed by atoms with van der Waals surface area (Å²) in [5.41, 5.74) is 15.6. The van der Waals surface area contributed by atoms with Crippen LogP contribution in [-0.4, -0.2) is 0 Å². The lowest BCUT2D eigenvalue weighted by Gasteiger charge is -2.39. The van der Waals surface area contributed by atoms with Gasteiger partial charge in [0.2, 0.25) is 0 Å². The Bertz CT molecular complexity index is 2780. The molecule has 2 aliphatic rings. The zero-order valence-electron chi connectivity index (χ0n) is 27.6. The Balaban J connectivity index is 1.05. The van der Waals surface area contributed by atoms with Crippen LogP contribution in [0.4, 0.5) is 0 Å². The molecule has 11 rings (SSSR count). The number of furan rings is 1. The summed E-state index contributed by atoms with van der Waals surface area (Å²) in [7, 11) is 0. The van der Waals surface area contributed by atoms with Gasteiger partial charge >= 0.3 is 0 Å². The fraction of sp³-hybridized carbons (Fsp3) is 0.0204. The maximum absolute atomic E-state index is 6.73. The van der Waals surface area contributed by atoms with Crippen LogP contribution in [0.3, 0.4) is 0 Å². The molecule has 1 aliphatic carbocycles. The fourth-order valence-electron chi connectivity index (χ4n) is 8.77. The van der Waals surface area contributed by atoms with Crippen molar-refractivity contribution in [2.24, 2.45) is 0 Å². The van der Waals surface area contributed by atoms with E-state index in [0.29, 0.717) is 0 Å². The third-order valence-corrected chi connectivity index (χ3v) is 11.0. The Kier molecular flexibility index (Phi) is 5.91. The van der Waals surface area contributed by atoms with Gasteiger partial charge in [0.1, 0.15) is 22.7 Å². The highest BCUT2D eigenvalue weighted by Crippen LogP contribution is 2.62. The van der Waals surface area contributed by atoms with E-state index in [0.717, 1.165) is 66.8 Å². The van der Waals surface area contributed by atoms with Crippen LogP contribution in [0, 0.1) is 0 Å². The summed E-state index contributed by atoms with van der Waals surface area (Å²) in [6.07, 6.45) is 0. The first-order chi connectivity index (χ1) is 25.3. The molecule has 51 heavy (non-hydrogen) atoms. The van der Waals surface area contributed by atoms with Gasteiger partial charge in [0.05, 0.1) is 5.41 Å². The predicted octanol–water partition coefficient (Wildman–Crippen LogP) is 13.1. The molecule has 8 aromatic carbocycles. The number of benzene rings is 8. The zero-order chi connectivity index (χ0) is 33.5. The molecule has 9 aromatic rings. The standard InChI is InChI=1S/C49H30O2/c1-2-12-32(13-3-1)35-16-10-18-39-40-19-11-17-36(48(40)51-47(35)39)33-26-24-31(25-27-33)34-28-29-46-44(30-34)49(43-22-8-9-23-45(43)50-46)41-20-6-4-14-37(41)38-15-5-7-21-42(38)49/h1-30H. The van der Waals surface area contributed by atoms with E-state index in [-0.39, 0.29) is 0 Å². The Morgan fingerprint density at radius 1 is 0.314 bits per heavy atom. The fourth-order valence-corrected chi connectivity index (χ4v) is 8.77. The lowest BCUT2D eigenvalue weighted by molar-refractivity contribution is 0.436. The van der Waals surface area contributed by atoms with Crippen molar-refractivity contribution in [3.63, 3.8) is 0 Å². The van der Waals surface area contributed by atoms with Crippen LogP contribution >= 0.6 is 0 Å². The largest absolute Gasteiger partial charge is 0.457 e. The van der Waals surface area contributed by atoms with Gasteiger partial charge in [0.25, 0.3) is 0 Å². The van der Waals surface area contributed by atoms with Crippen LogP contribution in [0.1, 0.15) is 22.3 Å². The van der Waals surface area contributed by atoms with Crippen LogP contribution in [0.15, 0.2) is 186 Å². The van der Waals surface area contributed by atoms with E-state index in [2.05, 4.69) is 176 Å². The normalized spacial score (nSPS) is 13.4. The van der Waals surface area contributed by atoms with Crippen LogP contribution in [-0.2, 0) is 5.41 Å². The molecule has 2 heterocycles. The molecule has 0 radical (unpaired) electrons. The molecular formula is C49H30O2. The Hall–Kier alpha value is -6.64. The summed E-state index contributed by atoms with van der Waals surface area (Å²) >= 11 is 0. The molecule has 1 spiro atoms. The number of ether oxygens (including phenoxy) is 1. The highest BCUT2D eigenvalue weighted by Gasteiger charge is 2.50. The van der Waals surface area contributed by atoms with Crippen molar-refractivity contribution in [2.75, 3.05) is 0 Å². The topological polar surface area (TPSA) is 22.4 Å². The second kappa shape index (κ2) is 10.7. The first kappa shape index (κ1) is 28.2. The molecule has 0 fully saturated rings. The summed E-state index contributed by atoms with van der Waals surface area (Å²) in [6, 6.07) is 65.2. The van der Waals surface area contributed by atoms with Crippen LogP contribution in [0.25, 0.3) is 66.4 Å². The summed E-state index contributed by atoms with van der Waals surface area (Å²) in [6.45, 7) is 0. The SMILES string of the molecule is c1ccc(-c2cccc3c2oc2c(-c4ccc(-c5ccc6c(c5)C5(c7ccccc7O6)c6ccccc6-c6ccccc65)cc4)cccc23)cc1. The third kappa shape index (κ3) is 3.93. The maximum Gasteiger partial charge on any atom is 0.143 e. The van der Waals surface area contributed by atoms with E-state index < -0.39 is 5.41 Å². The Labute approximate surface area is 295 Å². The summed E-state index contributed by atoms with van der Waals surface area (Å²) in [4.78, 5) is 0. The van der Waals surface area contributed by atoms with Gasteiger partial charge in [-0.05, 0) is 62.7 Å². The number of rotatable bonds is 3. The summed E-state index contributed by atoms with van der Waals surface area (Å²) < 4.78 is 13.4. The van der Waals surface area contributed by atoms with Gasteiger partial charge < -0.3 is 9.15 Å². The second-order valence-corrected chi connectivity index (χ2v) is 13.6. The van der Waals surface area contributed by atoms with Crippen molar-refractivity contribution in [1.29, 1.82) is 0 Å². The average Bonchev–Trinajstić information content (AvgIpc) is 3.73. The smallest absolute Gasteiger partial charge is 0.143 e. The second-order valence-electron chi connectivity index (χ2n) is 13.6. The molecular weight excluding hydrogens is 621 g/mol. The zero-order valence-corrected chi connectivity index (χ0v) is 27.6. The average molecular weight is 651 g/mol. The van der Waals surface area contributed by atoms with Crippen molar-refractivity contribution in [1.82, 2.24) is 0 Å². The van der Waals surface area contributed by atoms with Gasteiger partial charge in [-0.2, -0.15) is 0 Å². The minimum Gasteiger partial charge on any atom is -0.457 e. The van der Waals surface area contributed by atoms with Gasteiger partial charge in [-0.25, -0.2) is 0 Å². The lowest BCUT2D eigenvalue weighted by Crippen LogP contribution is -2.32. The molecule has 0 N–H and O–H groups in total. The van der Waals surface area contributed by atoms with E-state index in [4.69, 9.17) is 9.15 Å². The molecule has 0 saturated heterocycles. The van der Waals surface area contributed by atoms with E-state index in [1.807, 2.05) is 6.07 Å². The summed E-state index contributed by atoms with van der Waals surface area (Å²) in [5, 5.41) is 2.26. The number of hydrogen-bond donors (Lipinski definition) is 0. The summed E-state index contributed by atoms with van der Waals surface area (Å²) in [5.74, 6) is 1.80. The minimum atomic E-state index is -0.483. The Morgan fingerprint density at radius 2 is 0.804 bits per heavy atom. The van der Waals surface area contributed by atoms with Crippen LogP contribution < -0.4 is 4.74 Å². The first-order valence-corrected chi connectivity index (χ1v) is 17.5. The van der Waals surface area contributed by atoms with E-state index in [1.165, 1.54) is 33.4 Å². The third-order valence-electron chi connectivity index (χ3n) is 11.0. The van der Waals surface area contributed by atoms with Gasteiger partial charge in [0, 0.05) is 33.0 Å². The molecule has 0 saturated carbocycles. The highest BCUT2D eigenvalue weighted by molar-refractivity contribution is 6.13. The van der Waals surface area contributed by atoms with Gasteiger partial charge in [-0.3, -0.25) is 0 Å². The van der Waals surface area contributed by atoms with Gasteiger partial charge in [-0.1, -0.05) is 164 Å². The number of fused-ring (bicyclic) bond motifs is 12. The molecule has 2 heteroatoms. The number of para-hydroxylation sites is 3. The molecule has 0 bridgehead atoms. The molecule has 0 unspecified atom stereocenters. The van der Waals surface area contributed by atoms with Crippen molar-refractivity contribution >= 4 is 21.9 Å².